The van der Waals surface area contributed by atoms with Crippen molar-refractivity contribution >= 4 is 41.2 Å². The fourth-order valence-electron chi connectivity index (χ4n) is 3.54. The van der Waals surface area contributed by atoms with Crippen LogP contribution in [0.2, 0.25) is 10.0 Å². The zero-order valence-electron chi connectivity index (χ0n) is 20.2. The van der Waals surface area contributed by atoms with Gasteiger partial charge in [0.2, 0.25) is 5.91 Å². The van der Waals surface area contributed by atoms with Crippen LogP contribution in [-0.2, 0) is 17.9 Å². The Balaban J connectivity index is 1.46. The summed E-state index contributed by atoms with van der Waals surface area (Å²) < 4.78 is 12.7. The molecule has 0 aliphatic heterocycles. The number of nitrogens with zero attached hydrogens (tertiary/aromatic N) is 3. The average molecular weight is 552 g/mol. The molecule has 0 spiro atoms. The van der Waals surface area contributed by atoms with Gasteiger partial charge in [0, 0.05) is 38.5 Å². The molecular formula is C27H23Cl2N5O4. The average Bonchev–Trinajstić information content (AvgIpc) is 3.30. The van der Waals surface area contributed by atoms with Crippen LogP contribution in [0.5, 0.6) is 11.5 Å². The summed E-state index contributed by atoms with van der Waals surface area (Å²) in [5.74, 6) is -0.182. The number of nitrogens with one attached hydrogen (secondary N) is 1. The third-order valence-corrected chi connectivity index (χ3v) is 5.94. The molecule has 0 saturated carbocycles. The minimum absolute atomic E-state index is 0.0849. The van der Waals surface area contributed by atoms with Crippen molar-refractivity contribution in [3.05, 3.63) is 99.7 Å². The Labute approximate surface area is 228 Å². The highest BCUT2D eigenvalue weighted by Gasteiger charge is 2.14. The lowest BCUT2D eigenvalue weighted by molar-refractivity contribution is -0.118. The van der Waals surface area contributed by atoms with Crippen LogP contribution in [0.1, 0.15) is 21.5 Å². The predicted molar refractivity (Wildman–Crippen MR) is 146 cm³/mol. The van der Waals surface area contributed by atoms with Crippen molar-refractivity contribution in [2.24, 2.45) is 10.8 Å². The van der Waals surface area contributed by atoms with Gasteiger partial charge in [0.15, 0.2) is 11.5 Å². The Morgan fingerprint density at radius 1 is 1.08 bits per heavy atom. The molecule has 0 aliphatic rings. The molecule has 0 radical (unpaired) electrons. The van der Waals surface area contributed by atoms with Gasteiger partial charge in [0.05, 0.1) is 13.3 Å². The number of halogens is 2. The number of carbonyl (C=O) groups excluding carboxylic acids is 2. The van der Waals surface area contributed by atoms with Gasteiger partial charge in [-0.15, -0.1) is 0 Å². The van der Waals surface area contributed by atoms with E-state index in [-0.39, 0.29) is 13.2 Å². The van der Waals surface area contributed by atoms with Crippen molar-refractivity contribution in [2.75, 3.05) is 7.11 Å². The topological polar surface area (TPSA) is 121 Å². The number of aromatic nitrogens is 2. The van der Waals surface area contributed by atoms with E-state index in [1.165, 1.54) is 18.0 Å². The zero-order valence-corrected chi connectivity index (χ0v) is 21.7. The van der Waals surface area contributed by atoms with Crippen LogP contribution in [0.4, 0.5) is 0 Å². The molecule has 4 rings (SSSR count). The lowest BCUT2D eigenvalue weighted by Gasteiger charge is -2.12. The largest absolute Gasteiger partial charge is 0.493 e. The molecule has 3 N–H and O–H groups in total. The maximum absolute atomic E-state index is 12.7. The Morgan fingerprint density at radius 2 is 1.87 bits per heavy atom. The molecule has 38 heavy (non-hydrogen) atoms. The van der Waals surface area contributed by atoms with Gasteiger partial charge in [-0.1, -0.05) is 59.6 Å². The van der Waals surface area contributed by atoms with Gasteiger partial charge in [-0.25, -0.2) is 5.43 Å². The summed E-state index contributed by atoms with van der Waals surface area (Å²) in [7, 11) is 1.48. The van der Waals surface area contributed by atoms with Crippen molar-refractivity contribution in [1.29, 1.82) is 0 Å². The Morgan fingerprint density at radius 3 is 2.58 bits per heavy atom. The number of hydrazone groups is 1. The predicted octanol–water partition coefficient (Wildman–Crippen LogP) is 4.69. The molecule has 1 aromatic heterocycles. The van der Waals surface area contributed by atoms with E-state index in [2.05, 4.69) is 15.6 Å². The van der Waals surface area contributed by atoms with E-state index >= 15 is 0 Å². The van der Waals surface area contributed by atoms with Crippen LogP contribution < -0.4 is 20.6 Å². The standard InChI is InChI=1S/C27H23Cl2N5O4/c1-37-24-11-18(8-10-23(24)38-16-19-7-9-21(28)12-22(19)29)27(36)32-31-13-20-14-34(15-25(30)35)33-26(20)17-5-3-2-4-6-17/h2-14H,15-16H2,1H3,(H2,30,35)(H,32,36). The summed E-state index contributed by atoms with van der Waals surface area (Å²) in [6.45, 7) is 0.105. The van der Waals surface area contributed by atoms with Gasteiger partial charge in [-0.05, 0) is 30.3 Å². The monoisotopic (exact) mass is 551 g/mol. The van der Waals surface area contributed by atoms with Gasteiger partial charge in [0.1, 0.15) is 18.8 Å². The second kappa shape index (κ2) is 12.3. The van der Waals surface area contributed by atoms with Crippen LogP contribution in [0, 0.1) is 0 Å². The lowest BCUT2D eigenvalue weighted by Crippen LogP contribution is -2.19. The second-order valence-electron chi connectivity index (χ2n) is 8.05. The molecule has 3 aromatic carbocycles. The van der Waals surface area contributed by atoms with E-state index in [4.69, 9.17) is 38.4 Å². The third kappa shape index (κ3) is 6.70. The zero-order chi connectivity index (χ0) is 27.1. The minimum atomic E-state index is -0.526. The molecule has 0 aliphatic carbocycles. The fourth-order valence-corrected chi connectivity index (χ4v) is 4.00. The van der Waals surface area contributed by atoms with Crippen molar-refractivity contribution in [1.82, 2.24) is 15.2 Å². The smallest absolute Gasteiger partial charge is 0.271 e. The molecule has 194 valence electrons. The summed E-state index contributed by atoms with van der Waals surface area (Å²) in [6.07, 6.45) is 3.08. The molecule has 11 heteroatoms. The number of rotatable bonds is 10. The van der Waals surface area contributed by atoms with Crippen LogP contribution >= 0.6 is 23.2 Å². The van der Waals surface area contributed by atoms with Crippen LogP contribution in [0.15, 0.2) is 78.0 Å². The summed E-state index contributed by atoms with van der Waals surface area (Å²) in [4.78, 5) is 24.1. The highest BCUT2D eigenvalue weighted by molar-refractivity contribution is 6.35. The van der Waals surface area contributed by atoms with E-state index in [1.807, 2.05) is 30.3 Å². The van der Waals surface area contributed by atoms with E-state index in [0.717, 1.165) is 11.1 Å². The quantitative estimate of drug-likeness (QED) is 0.218. The summed E-state index contributed by atoms with van der Waals surface area (Å²) in [5, 5.41) is 9.52. The van der Waals surface area contributed by atoms with E-state index in [9.17, 15) is 9.59 Å². The molecule has 0 fully saturated rings. The van der Waals surface area contributed by atoms with Gasteiger partial charge >= 0.3 is 0 Å². The van der Waals surface area contributed by atoms with E-state index < -0.39 is 11.8 Å². The van der Waals surface area contributed by atoms with Crippen LogP contribution in [0.3, 0.4) is 0 Å². The van der Waals surface area contributed by atoms with Crippen molar-refractivity contribution in [3.63, 3.8) is 0 Å². The second-order valence-corrected chi connectivity index (χ2v) is 8.90. The van der Waals surface area contributed by atoms with Crippen molar-refractivity contribution in [2.45, 2.75) is 13.2 Å². The Hall–Kier alpha value is -4.34. The maximum Gasteiger partial charge on any atom is 0.271 e. The molecule has 0 saturated heterocycles. The first kappa shape index (κ1) is 26.7. The first-order valence-electron chi connectivity index (χ1n) is 11.3. The molecule has 2 amide bonds. The molecular weight excluding hydrogens is 529 g/mol. The minimum Gasteiger partial charge on any atom is -0.493 e. The first-order chi connectivity index (χ1) is 18.3. The summed E-state index contributed by atoms with van der Waals surface area (Å²) in [5.41, 5.74) is 10.9. The molecule has 0 bridgehead atoms. The molecule has 4 aromatic rings. The number of nitrogens with two attached hydrogens (primary N) is 1. The number of methoxy groups -OCH3 is 1. The van der Waals surface area contributed by atoms with Gasteiger partial charge < -0.3 is 15.2 Å². The number of primary amides is 1. The number of ether oxygens (including phenoxy) is 2. The fraction of sp³-hybridized carbons (Fsp3) is 0.111. The highest BCUT2D eigenvalue weighted by Crippen LogP contribution is 2.30. The number of amides is 2. The number of carbonyl (C=O) groups is 2. The molecule has 1 heterocycles. The first-order valence-corrected chi connectivity index (χ1v) is 12.1. The Kier molecular flexibility index (Phi) is 8.62. The highest BCUT2D eigenvalue weighted by atomic mass is 35.5. The normalized spacial score (nSPS) is 10.9. The van der Waals surface area contributed by atoms with Crippen LogP contribution in [-0.4, -0.2) is 34.9 Å². The van der Waals surface area contributed by atoms with Gasteiger partial charge in [-0.3, -0.25) is 14.3 Å². The van der Waals surface area contributed by atoms with Crippen molar-refractivity contribution in [3.8, 4) is 22.8 Å². The summed E-state index contributed by atoms with van der Waals surface area (Å²) in [6, 6.07) is 19.3. The molecule has 9 nitrogen and oxygen atoms in total. The van der Waals surface area contributed by atoms with Gasteiger partial charge in [0.25, 0.3) is 5.91 Å². The van der Waals surface area contributed by atoms with E-state index in [0.29, 0.717) is 38.4 Å². The summed E-state index contributed by atoms with van der Waals surface area (Å²) >= 11 is 12.1. The van der Waals surface area contributed by atoms with Crippen LogP contribution in [0.25, 0.3) is 11.3 Å². The lowest BCUT2D eigenvalue weighted by atomic mass is 10.1. The van der Waals surface area contributed by atoms with Crippen molar-refractivity contribution < 1.29 is 19.1 Å². The SMILES string of the molecule is COc1cc(C(=O)NN=Cc2cn(CC(N)=O)nc2-c2ccccc2)ccc1OCc1ccc(Cl)cc1Cl. The molecule has 0 unspecified atom stereocenters. The van der Waals surface area contributed by atoms with Gasteiger partial charge in [-0.2, -0.15) is 10.2 Å². The Bertz CT molecular complexity index is 1490. The third-order valence-electron chi connectivity index (χ3n) is 5.35. The number of hydrogen-bond acceptors (Lipinski definition) is 6. The number of benzene rings is 3. The molecule has 0 atom stereocenters. The number of hydrogen-bond donors (Lipinski definition) is 2. The van der Waals surface area contributed by atoms with E-state index in [1.54, 1.807) is 42.6 Å². The maximum atomic E-state index is 12.7.